The maximum atomic E-state index is 12.0. The van der Waals surface area contributed by atoms with E-state index >= 15 is 0 Å². The summed E-state index contributed by atoms with van der Waals surface area (Å²) in [5.41, 5.74) is 0. The second-order valence-electron chi connectivity index (χ2n) is 18.8. The lowest BCUT2D eigenvalue weighted by molar-refractivity contribution is -0.0718. The number of aliphatic hydroxyl groups is 4. The smallest absolute Gasteiger partial charge is 0.0599 e. The number of hydrogen-bond donors (Lipinski definition) is 10. The van der Waals surface area contributed by atoms with Crippen molar-refractivity contribution in [3.05, 3.63) is 0 Å². The largest absolute Gasteiger partial charge is 0.393 e. The van der Waals surface area contributed by atoms with Gasteiger partial charge in [0.25, 0.3) is 0 Å². The molecule has 2 heterocycles. The van der Waals surface area contributed by atoms with E-state index in [1.54, 1.807) is 0 Å². The Balaban J connectivity index is 1.14. The van der Waals surface area contributed by atoms with Gasteiger partial charge in [0.15, 0.2) is 0 Å². The van der Waals surface area contributed by atoms with Gasteiger partial charge in [-0.2, -0.15) is 0 Å². The predicted molar refractivity (Wildman–Crippen MR) is 210 cm³/mol. The first-order chi connectivity index (χ1) is 25.3. The number of fused-ring (bicyclic) bond motifs is 6. The summed E-state index contributed by atoms with van der Waals surface area (Å²) in [6.07, 6.45) is 11.1. The Labute approximate surface area is 316 Å². The van der Waals surface area contributed by atoms with Gasteiger partial charge in [-0.15, -0.1) is 0 Å². The van der Waals surface area contributed by atoms with Gasteiger partial charge in [0.1, 0.15) is 0 Å². The van der Waals surface area contributed by atoms with Crippen molar-refractivity contribution in [1.29, 1.82) is 0 Å². The van der Waals surface area contributed by atoms with Crippen molar-refractivity contribution in [2.24, 2.45) is 71.0 Å². The summed E-state index contributed by atoms with van der Waals surface area (Å²) < 4.78 is 0. The standard InChI is InChI=1S/C42H80N6O4/c1-3-35-34-21-31(27(2)42(35)52)22-38-33(25-47-13-9-44-10-14-48-26-34)16-29(20-41(38)51)18-37-32-15-28(19-40(37)50)17-36-30(5-4-6-39(36)49)23-45-11-7-43-8-12-46-24-32/h27-52H,3-26H2,1-2H3/t27-,28+,29+,30?,31+,32?,33?,34?,35+,36+,37+,38+,39?,40?,41?,42?/m0/s1. The minimum atomic E-state index is -0.340. The van der Waals surface area contributed by atoms with Crippen molar-refractivity contribution in [2.45, 2.75) is 115 Å². The van der Waals surface area contributed by atoms with Crippen molar-refractivity contribution >= 4 is 0 Å². The van der Waals surface area contributed by atoms with Crippen molar-refractivity contribution in [3.8, 4) is 0 Å². The van der Waals surface area contributed by atoms with Gasteiger partial charge < -0.3 is 52.3 Å². The Morgan fingerprint density at radius 1 is 0.481 bits per heavy atom. The molecule has 4 saturated carbocycles. The minimum absolute atomic E-state index is 0.221. The van der Waals surface area contributed by atoms with E-state index in [0.717, 1.165) is 149 Å². The van der Waals surface area contributed by atoms with E-state index in [2.05, 4.69) is 45.7 Å². The third kappa shape index (κ3) is 10.9. The third-order valence-corrected chi connectivity index (χ3v) is 15.5. The van der Waals surface area contributed by atoms with Crippen LogP contribution >= 0.6 is 0 Å². The molecular weight excluding hydrogens is 653 g/mol. The van der Waals surface area contributed by atoms with Crippen molar-refractivity contribution < 1.29 is 20.4 Å². The molecule has 302 valence electrons. The molecule has 0 radical (unpaired) electrons. The predicted octanol–water partition coefficient (Wildman–Crippen LogP) is 2.16. The molecule has 16 atom stereocenters. The zero-order valence-electron chi connectivity index (χ0n) is 33.0. The molecule has 10 N–H and O–H groups in total. The van der Waals surface area contributed by atoms with Crippen molar-refractivity contribution in [3.63, 3.8) is 0 Å². The van der Waals surface area contributed by atoms with Gasteiger partial charge in [-0.25, -0.2) is 0 Å². The zero-order valence-corrected chi connectivity index (χ0v) is 33.0. The van der Waals surface area contributed by atoms with Crippen LogP contribution < -0.4 is 31.9 Å². The molecule has 10 heteroatoms. The van der Waals surface area contributed by atoms with Crippen LogP contribution in [0.15, 0.2) is 0 Å². The summed E-state index contributed by atoms with van der Waals surface area (Å²) in [6, 6.07) is 0. The van der Waals surface area contributed by atoms with Gasteiger partial charge in [0, 0.05) is 52.4 Å². The highest BCUT2D eigenvalue weighted by molar-refractivity contribution is 4.98. The van der Waals surface area contributed by atoms with Gasteiger partial charge in [-0.1, -0.05) is 26.7 Å². The quantitative estimate of drug-likeness (QED) is 0.209. The first-order valence-electron chi connectivity index (χ1n) is 22.3. The molecule has 4 bridgehead atoms. The topological polar surface area (TPSA) is 153 Å². The molecule has 10 nitrogen and oxygen atoms in total. The van der Waals surface area contributed by atoms with Crippen LogP contribution in [0.1, 0.15) is 90.9 Å². The molecule has 6 fully saturated rings. The van der Waals surface area contributed by atoms with Gasteiger partial charge >= 0.3 is 0 Å². The van der Waals surface area contributed by atoms with Crippen LogP contribution in [0.2, 0.25) is 0 Å². The van der Waals surface area contributed by atoms with Gasteiger partial charge in [-0.05, 0) is 161 Å². The Morgan fingerprint density at radius 3 is 1.71 bits per heavy atom. The highest BCUT2D eigenvalue weighted by atomic mass is 16.3. The van der Waals surface area contributed by atoms with Gasteiger partial charge in [0.2, 0.25) is 0 Å². The van der Waals surface area contributed by atoms with Crippen LogP contribution in [0, 0.1) is 71.0 Å². The Morgan fingerprint density at radius 2 is 1.06 bits per heavy atom. The molecule has 0 aromatic heterocycles. The second-order valence-corrected chi connectivity index (χ2v) is 18.8. The summed E-state index contributed by atoms with van der Waals surface area (Å²) in [5.74, 6) is 4.47. The Bertz CT molecular complexity index is 1030. The monoisotopic (exact) mass is 733 g/mol. The average Bonchev–Trinajstić information content (AvgIpc) is 3.13. The highest BCUT2D eigenvalue weighted by Gasteiger charge is 2.47. The van der Waals surface area contributed by atoms with Crippen molar-refractivity contribution in [2.75, 3.05) is 78.5 Å². The Hall–Kier alpha value is -0.400. The van der Waals surface area contributed by atoms with Crippen LogP contribution in [-0.4, -0.2) is 123 Å². The number of hydrogen-bond acceptors (Lipinski definition) is 10. The van der Waals surface area contributed by atoms with Crippen molar-refractivity contribution in [1.82, 2.24) is 31.9 Å². The lowest BCUT2D eigenvalue weighted by Gasteiger charge is -2.49. The maximum absolute atomic E-state index is 12.0. The minimum Gasteiger partial charge on any atom is -0.393 e. The van der Waals surface area contributed by atoms with E-state index in [4.69, 9.17) is 0 Å². The van der Waals surface area contributed by atoms with E-state index in [9.17, 15) is 20.4 Å². The molecule has 0 amide bonds. The highest BCUT2D eigenvalue weighted by Crippen LogP contribution is 2.49. The van der Waals surface area contributed by atoms with E-state index in [-0.39, 0.29) is 42.2 Å². The summed E-state index contributed by atoms with van der Waals surface area (Å²) in [7, 11) is 0. The summed E-state index contributed by atoms with van der Waals surface area (Å²) in [5, 5.41) is 68.8. The number of rotatable bonds is 3. The zero-order chi connectivity index (χ0) is 36.5. The summed E-state index contributed by atoms with van der Waals surface area (Å²) in [4.78, 5) is 0. The SMILES string of the molecule is CC[C@@H]1C2CNCCNCCNCC3C[C@H](C[C@H]4C(O)C[C@@H]5CC4CNCCNCCNCC4CCCC(O)[C@@H]4C5)CC(O)[C@@H]3C[C@@H](C2)[C@H](C)C1O. The van der Waals surface area contributed by atoms with E-state index in [1.807, 2.05) is 0 Å². The van der Waals surface area contributed by atoms with E-state index < -0.39 is 0 Å². The van der Waals surface area contributed by atoms with Crippen LogP contribution in [0.25, 0.3) is 0 Å². The average molecular weight is 733 g/mol. The van der Waals surface area contributed by atoms with E-state index in [1.165, 1.54) is 6.42 Å². The lowest BCUT2D eigenvalue weighted by Crippen LogP contribution is -2.49. The van der Waals surface area contributed by atoms with Gasteiger partial charge in [0.05, 0.1) is 24.4 Å². The fraction of sp³-hybridized carbons (Fsp3) is 1.00. The molecule has 4 aliphatic carbocycles. The Kier molecular flexibility index (Phi) is 16.4. The van der Waals surface area contributed by atoms with Crippen LogP contribution in [0.4, 0.5) is 0 Å². The molecule has 2 saturated heterocycles. The van der Waals surface area contributed by atoms with Gasteiger partial charge in [-0.3, -0.25) is 0 Å². The second kappa shape index (κ2) is 20.7. The third-order valence-electron chi connectivity index (χ3n) is 15.5. The molecule has 2 aliphatic heterocycles. The van der Waals surface area contributed by atoms with Crippen LogP contribution in [0.3, 0.4) is 0 Å². The molecule has 6 rings (SSSR count). The molecule has 52 heavy (non-hydrogen) atoms. The lowest BCUT2D eigenvalue weighted by atomic mass is 9.59. The number of nitrogens with one attached hydrogen (secondary N) is 6. The maximum Gasteiger partial charge on any atom is 0.0599 e. The molecule has 8 unspecified atom stereocenters. The molecule has 0 aromatic carbocycles. The van der Waals surface area contributed by atoms with Crippen LogP contribution in [0.5, 0.6) is 0 Å². The molecule has 6 aliphatic rings. The molecule has 0 aromatic rings. The fourth-order valence-corrected chi connectivity index (χ4v) is 12.6. The fourth-order valence-electron chi connectivity index (χ4n) is 12.6. The van der Waals surface area contributed by atoms with E-state index in [0.29, 0.717) is 53.3 Å². The first-order valence-corrected chi connectivity index (χ1v) is 22.3. The summed E-state index contributed by atoms with van der Waals surface area (Å²) in [6.45, 7) is 15.9. The normalized spacial score (nSPS) is 47.0. The molecular formula is C42H80N6O4. The van der Waals surface area contributed by atoms with Crippen LogP contribution in [-0.2, 0) is 0 Å². The summed E-state index contributed by atoms with van der Waals surface area (Å²) >= 11 is 0. The number of aliphatic hydroxyl groups excluding tert-OH is 4. The molecule has 0 spiro atoms. The first kappa shape index (κ1) is 41.2.